The Morgan fingerprint density at radius 2 is 2.00 bits per heavy atom. The normalized spacial score (nSPS) is 23.6. The van der Waals surface area contributed by atoms with E-state index in [1.54, 1.807) is 19.2 Å². The van der Waals surface area contributed by atoms with E-state index in [1.807, 2.05) is 18.7 Å². The van der Waals surface area contributed by atoms with Gasteiger partial charge in [-0.1, -0.05) is 26.0 Å². The number of halogens is 1. The number of ether oxygens (including phenoxy) is 1. The summed E-state index contributed by atoms with van der Waals surface area (Å²) in [6, 6.07) is 6.13. The van der Waals surface area contributed by atoms with Gasteiger partial charge in [0.15, 0.2) is 0 Å². The molecule has 1 heterocycles. The summed E-state index contributed by atoms with van der Waals surface area (Å²) in [7, 11) is 1.64. The first-order valence-corrected chi connectivity index (χ1v) is 7.45. The largest absolute Gasteiger partial charge is 0.383 e. The number of nitrogens with one attached hydrogen (secondary N) is 1. The predicted molar refractivity (Wildman–Crippen MR) is 79.2 cm³/mol. The molecule has 0 spiro atoms. The van der Waals surface area contributed by atoms with Crippen molar-refractivity contribution in [2.75, 3.05) is 13.7 Å². The van der Waals surface area contributed by atoms with E-state index in [-0.39, 0.29) is 30.0 Å². The Morgan fingerprint density at radius 1 is 1.33 bits per heavy atom. The van der Waals surface area contributed by atoms with E-state index in [9.17, 15) is 9.18 Å². The van der Waals surface area contributed by atoms with E-state index < -0.39 is 0 Å². The molecule has 0 aliphatic carbocycles. The maximum Gasteiger partial charge on any atom is 0.241 e. The first kappa shape index (κ1) is 15.9. The monoisotopic (exact) mass is 294 g/mol. The molecule has 0 radical (unpaired) electrons. The maximum absolute atomic E-state index is 13.1. The molecule has 4 nitrogen and oxygen atoms in total. The third kappa shape index (κ3) is 3.24. The van der Waals surface area contributed by atoms with Crippen LogP contribution in [0.15, 0.2) is 24.3 Å². The minimum absolute atomic E-state index is 0.0154. The molecule has 1 aliphatic rings. The Bertz CT molecular complexity index is 478. The predicted octanol–water partition coefficient (Wildman–Crippen LogP) is 2.46. The topological polar surface area (TPSA) is 41.6 Å². The fourth-order valence-electron chi connectivity index (χ4n) is 2.82. The number of hydrogen-bond acceptors (Lipinski definition) is 3. The maximum atomic E-state index is 13.1. The van der Waals surface area contributed by atoms with E-state index in [0.29, 0.717) is 6.61 Å². The van der Waals surface area contributed by atoms with Gasteiger partial charge in [0, 0.05) is 7.11 Å². The van der Waals surface area contributed by atoms with Crippen LogP contribution in [0.2, 0.25) is 0 Å². The van der Waals surface area contributed by atoms with Crippen LogP contribution in [0.5, 0.6) is 0 Å². The van der Waals surface area contributed by atoms with Crippen molar-refractivity contribution < 1.29 is 13.9 Å². The van der Waals surface area contributed by atoms with Crippen LogP contribution in [0.1, 0.15) is 38.4 Å². The number of nitrogens with zero attached hydrogens (tertiary/aromatic N) is 1. The lowest BCUT2D eigenvalue weighted by Crippen LogP contribution is -2.42. The van der Waals surface area contributed by atoms with Gasteiger partial charge < -0.3 is 9.64 Å². The quantitative estimate of drug-likeness (QED) is 0.876. The second-order valence-electron chi connectivity index (χ2n) is 5.34. The van der Waals surface area contributed by atoms with Crippen LogP contribution in [0.3, 0.4) is 0 Å². The molecule has 1 fully saturated rings. The zero-order valence-corrected chi connectivity index (χ0v) is 12.8. The molecule has 1 saturated heterocycles. The zero-order chi connectivity index (χ0) is 15.4. The zero-order valence-electron chi connectivity index (χ0n) is 12.8. The Hall–Kier alpha value is -1.46. The van der Waals surface area contributed by atoms with Gasteiger partial charge in [-0.15, -0.1) is 0 Å². The lowest BCUT2D eigenvalue weighted by atomic mass is 10.1. The summed E-state index contributed by atoms with van der Waals surface area (Å²) >= 11 is 0. The fraction of sp³-hybridized carbons (Fsp3) is 0.562. The Kier molecular flexibility index (Phi) is 5.31. The van der Waals surface area contributed by atoms with Gasteiger partial charge in [0.2, 0.25) is 5.91 Å². The van der Waals surface area contributed by atoms with Crippen LogP contribution in [-0.2, 0) is 9.53 Å². The van der Waals surface area contributed by atoms with Gasteiger partial charge in [-0.05, 0) is 30.5 Å². The fourth-order valence-corrected chi connectivity index (χ4v) is 2.82. The lowest BCUT2D eigenvalue weighted by molar-refractivity contribution is -0.133. The summed E-state index contributed by atoms with van der Waals surface area (Å²) in [5.41, 5.74) is 0.898. The third-order valence-electron chi connectivity index (χ3n) is 4.01. The molecular weight excluding hydrogens is 271 g/mol. The van der Waals surface area contributed by atoms with Crippen molar-refractivity contribution in [3.63, 3.8) is 0 Å². The number of carbonyl (C=O) groups is 1. The molecule has 1 aromatic carbocycles. The summed E-state index contributed by atoms with van der Waals surface area (Å²) in [6.07, 6.45) is 1.33. The molecule has 3 atom stereocenters. The molecular formula is C16H23FN2O2. The van der Waals surface area contributed by atoms with Gasteiger partial charge in [0.25, 0.3) is 0 Å². The van der Waals surface area contributed by atoms with Crippen molar-refractivity contribution in [2.24, 2.45) is 0 Å². The molecule has 3 unspecified atom stereocenters. The average molecular weight is 294 g/mol. The van der Waals surface area contributed by atoms with E-state index in [2.05, 4.69) is 5.32 Å². The minimum Gasteiger partial charge on any atom is -0.383 e. The van der Waals surface area contributed by atoms with Gasteiger partial charge >= 0.3 is 0 Å². The first-order valence-electron chi connectivity index (χ1n) is 7.45. The van der Waals surface area contributed by atoms with Gasteiger partial charge in [-0.2, -0.15) is 0 Å². The summed E-state index contributed by atoms with van der Waals surface area (Å²) in [6.45, 7) is 4.52. The Balaban J connectivity index is 2.31. The van der Waals surface area contributed by atoms with Crippen LogP contribution < -0.4 is 5.32 Å². The molecule has 0 bridgehead atoms. The third-order valence-corrected chi connectivity index (χ3v) is 4.01. The molecule has 1 N–H and O–H groups in total. The molecule has 1 aromatic rings. The number of amides is 1. The SMILES string of the molecule is CCC1NC(c2ccc(F)cc2)N(C(CC)COC)C1=O. The van der Waals surface area contributed by atoms with E-state index in [0.717, 1.165) is 18.4 Å². The van der Waals surface area contributed by atoms with Crippen molar-refractivity contribution in [1.82, 2.24) is 10.2 Å². The second-order valence-corrected chi connectivity index (χ2v) is 5.34. The summed E-state index contributed by atoms with van der Waals surface area (Å²) in [4.78, 5) is 14.4. The summed E-state index contributed by atoms with van der Waals surface area (Å²) in [5.74, 6) is -0.179. The number of carbonyl (C=O) groups excluding carboxylic acids is 1. The van der Waals surface area contributed by atoms with E-state index in [4.69, 9.17) is 4.74 Å². The van der Waals surface area contributed by atoms with Crippen LogP contribution >= 0.6 is 0 Å². The number of rotatable bonds is 6. The average Bonchev–Trinajstić information content (AvgIpc) is 2.82. The van der Waals surface area contributed by atoms with Crippen molar-refractivity contribution in [3.8, 4) is 0 Å². The summed E-state index contributed by atoms with van der Waals surface area (Å²) in [5, 5.41) is 3.35. The van der Waals surface area contributed by atoms with Gasteiger partial charge in [0.1, 0.15) is 12.0 Å². The number of benzene rings is 1. The Morgan fingerprint density at radius 3 is 2.52 bits per heavy atom. The van der Waals surface area contributed by atoms with Gasteiger partial charge in [-0.25, -0.2) is 4.39 Å². The van der Waals surface area contributed by atoms with Crippen LogP contribution in [0.4, 0.5) is 4.39 Å². The highest BCUT2D eigenvalue weighted by atomic mass is 19.1. The molecule has 1 aliphatic heterocycles. The number of methoxy groups -OCH3 is 1. The minimum atomic E-state index is -0.273. The van der Waals surface area contributed by atoms with Gasteiger partial charge in [0.05, 0.1) is 18.7 Å². The molecule has 0 saturated carbocycles. The van der Waals surface area contributed by atoms with Gasteiger partial charge in [-0.3, -0.25) is 10.1 Å². The van der Waals surface area contributed by atoms with Crippen molar-refractivity contribution in [2.45, 2.75) is 44.9 Å². The molecule has 0 aromatic heterocycles. The van der Waals surface area contributed by atoms with Crippen molar-refractivity contribution in [3.05, 3.63) is 35.6 Å². The van der Waals surface area contributed by atoms with Crippen molar-refractivity contribution in [1.29, 1.82) is 0 Å². The molecule has 116 valence electrons. The van der Waals surface area contributed by atoms with E-state index >= 15 is 0 Å². The smallest absolute Gasteiger partial charge is 0.241 e. The molecule has 21 heavy (non-hydrogen) atoms. The second kappa shape index (κ2) is 7.00. The van der Waals surface area contributed by atoms with Crippen LogP contribution in [0.25, 0.3) is 0 Å². The Labute approximate surface area is 125 Å². The van der Waals surface area contributed by atoms with Crippen LogP contribution in [0, 0.1) is 5.82 Å². The highest BCUT2D eigenvalue weighted by Crippen LogP contribution is 2.29. The van der Waals surface area contributed by atoms with Crippen molar-refractivity contribution >= 4 is 5.91 Å². The first-order chi connectivity index (χ1) is 10.1. The molecule has 2 rings (SSSR count). The lowest BCUT2D eigenvalue weighted by Gasteiger charge is -2.32. The summed E-state index contributed by atoms with van der Waals surface area (Å²) < 4.78 is 18.4. The highest BCUT2D eigenvalue weighted by molar-refractivity contribution is 5.84. The molecule has 5 heteroatoms. The molecule has 1 amide bonds. The van der Waals surface area contributed by atoms with E-state index in [1.165, 1.54) is 12.1 Å². The van der Waals surface area contributed by atoms with Crippen LogP contribution in [-0.4, -0.2) is 36.6 Å². The standard InChI is InChI=1S/C16H23FN2O2/c1-4-13(10-21-3)19-15(18-14(5-2)16(19)20)11-6-8-12(17)9-7-11/h6-9,13-15,18H,4-5,10H2,1-3H3. The highest BCUT2D eigenvalue weighted by Gasteiger charge is 2.41. The number of hydrogen-bond donors (Lipinski definition) is 1.